The predicted octanol–water partition coefficient (Wildman–Crippen LogP) is 4.97. The summed E-state index contributed by atoms with van der Waals surface area (Å²) in [7, 11) is 2.76. The molecule has 4 rings (SSSR count). The van der Waals surface area contributed by atoms with Gasteiger partial charge in [0.05, 0.1) is 11.2 Å². The van der Waals surface area contributed by atoms with Gasteiger partial charge >= 0.3 is 0 Å². The Morgan fingerprint density at radius 1 is 1.32 bits per heavy atom. The summed E-state index contributed by atoms with van der Waals surface area (Å²) in [6.45, 7) is 17.9. The maximum Gasteiger partial charge on any atom is 0.207 e. The van der Waals surface area contributed by atoms with E-state index in [2.05, 4.69) is 76.6 Å². The monoisotopic (exact) mass is 485 g/mol. The van der Waals surface area contributed by atoms with Crippen LogP contribution in [0.4, 0.5) is 0 Å². The van der Waals surface area contributed by atoms with Gasteiger partial charge in [-0.15, -0.1) is 0 Å². The third-order valence-corrected chi connectivity index (χ3v) is 7.66. The number of nitrogens with two attached hydrogens (primary N) is 1. The SMILES string of the molecule is C=C1C2=CC(N)C(c3cc(C4CCC(CC)C4)nn3C(C)(C)C)C=C2CN1P.CC(C)NC=O. The van der Waals surface area contributed by atoms with Crippen molar-refractivity contribution < 1.29 is 4.79 Å². The van der Waals surface area contributed by atoms with Gasteiger partial charge in [-0.25, -0.2) is 0 Å². The standard InChI is InChI=1S/C23H35N4P.C4H9NO/c1-6-15-7-8-16(9-15)21-12-22(27(25-21)23(3,4)5)19-10-17-13-26(28)14(2)18(17)11-20(19)24;1-4(2)5-3-6/h10-12,15-16,19-20H,2,6-9,13,24,28H2,1,3-5H3;3-4H,1-2H3,(H,5,6). The summed E-state index contributed by atoms with van der Waals surface area (Å²) >= 11 is 0. The van der Waals surface area contributed by atoms with Crippen LogP contribution in [-0.4, -0.2) is 39.5 Å². The molecule has 6 nitrogen and oxygen atoms in total. The van der Waals surface area contributed by atoms with Crippen LogP contribution < -0.4 is 11.1 Å². The van der Waals surface area contributed by atoms with Crippen molar-refractivity contribution in [1.29, 1.82) is 0 Å². The predicted molar refractivity (Wildman–Crippen MR) is 144 cm³/mol. The quantitative estimate of drug-likeness (QED) is 0.456. The number of carbonyl (C=O) groups is 1. The molecule has 188 valence electrons. The molecule has 34 heavy (non-hydrogen) atoms. The van der Waals surface area contributed by atoms with E-state index in [0.29, 0.717) is 12.3 Å². The number of nitrogens with one attached hydrogen (secondary N) is 1. The Kier molecular flexibility index (Phi) is 8.47. The number of hydrogen-bond donors (Lipinski definition) is 2. The van der Waals surface area contributed by atoms with E-state index in [0.717, 1.165) is 18.2 Å². The highest BCUT2D eigenvalue weighted by Crippen LogP contribution is 2.43. The lowest BCUT2D eigenvalue weighted by molar-refractivity contribution is -0.109. The molecular weight excluding hydrogens is 441 g/mol. The smallest absolute Gasteiger partial charge is 0.207 e. The van der Waals surface area contributed by atoms with Crippen molar-refractivity contribution >= 4 is 15.8 Å². The second-order valence-corrected chi connectivity index (χ2v) is 11.9. The average Bonchev–Trinajstić information content (AvgIpc) is 3.46. The summed E-state index contributed by atoms with van der Waals surface area (Å²) < 4.78 is 4.37. The highest BCUT2D eigenvalue weighted by molar-refractivity contribution is 7.13. The van der Waals surface area contributed by atoms with Crippen molar-refractivity contribution in [2.45, 2.75) is 96.7 Å². The maximum absolute atomic E-state index is 9.50. The van der Waals surface area contributed by atoms with Gasteiger partial charge in [0.15, 0.2) is 0 Å². The van der Waals surface area contributed by atoms with Gasteiger partial charge in [-0.2, -0.15) is 5.10 Å². The number of fused-ring (bicyclic) bond motifs is 1. The van der Waals surface area contributed by atoms with E-state index in [-0.39, 0.29) is 23.5 Å². The molecule has 5 atom stereocenters. The van der Waals surface area contributed by atoms with Crippen LogP contribution in [0.25, 0.3) is 0 Å². The van der Waals surface area contributed by atoms with Crippen LogP contribution in [0.15, 0.2) is 41.6 Å². The van der Waals surface area contributed by atoms with Gasteiger partial charge in [0.25, 0.3) is 0 Å². The third-order valence-electron chi connectivity index (χ3n) is 7.17. The summed E-state index contributed by atoms with van der Waals surface area (Å²) in [5, 5.41) is 7.66. The molecule has 1 amide bonds. The first kappa shape index (κ1) is 26.7. The lowest BCUT2D eigenvalue weighted by Crippen LogP contribution is -2.33. The molecule has 0 radical (unpaired) electrons. The molecule has 1 aromatic rings. The molecule has 3 aliphatic rings. The Morgan fingerprint density at radius 3 is 2.56 bits per heavy atom. The van der Waals surface area contributed by atoms with Crippen molar-refractivity contribution in [1.82, 2.24) is 19.8 Å². The first-order valence-electron chi connectivity index (χ1n) is 12.7. The minimum absolute atomic E-state index is 0.0513. The molecule has 1 saturated carbocycles. The van der Waals surface area contributed by atoms with Crippen LogP contribution in [-0.2, 0) is 10.3 Å². The molecule has 2 heterocycles. The highest BCUT2D eigenvalue weighted by atomic mass is 31.0. The topological polar surface area (TPSA) is 76.2 Å². The summed E-state index contributed by atoms with van der Waals surface area (Å²) in [5.74, 6) is 1.61. The number of nitrogens with zero attached hydrogens (tertiary/aromatic N) is 3. The van der Waals surface area contributed by atoms with Crippen molar-refractivity contribution in [2.24, 2.45) is 11.7 Å². The van der Waals surface area contributed by atoms with Gasteiger partial charge in [0, 0.05) is 41.9 Å². The number of rotatable bonds is 5. The first-order valence-corrected chi connectivity index (χ1v) is 13.2. The third kappa shape index (κ3) is 5.83. The number of hydrogen-bond acceptors (Lipinski definition) is 4. The number of aromatic nitrogens is 2. The van der Waals surface area contributed by atoms with E-state index in [1.807, 2.05) is 13.8 Å². The second kappa shape index (κ2) is 10.8. The van der Waals surface area contributed by atoms with Gasteiger partial charge < -0.3 is 15.7 Å². The van der Waals surface area contributed by atoms with Gasteiger partial charge in [0.2, 0.25) is 6.41 Å². The Balaban J connectivity index is 0.000000481. The zero-order valence-electron chi connectivity index (χ0n) is 21.8. The van der Waals surface area contributed by atoms with Gasteiger partial charge in [-0.3, -0.25) is 9.48 Å². The van der Waals surface area contributed by atoms with E-state index in [1.54, 1.807) is 0 Å². The molecule has 3 N–H and O–H groups in total. The molecule has 2 fully saturated rings. The van der Waals surface area contributed by atoms with Crippen LogP contribution in [0.3, 0.4) is 0 Å². The molecular formula is C27H44N5OP. The summed E-state index contributed by atoms with van der Waals surface area (Å²) in [6, 6.07) is 2.59. The molecule has 7 heteroatoms. The van der Waals surface area contributed by atoms with Crippen molar-refractivity contribution in [3.05, 3.63) is 53.0 Å². The van der Waals surface area contributed by atoms with Crippen LogP contribution >= 0.6 is 9.39 Å². The van der Waals surface area contributed by atoms with Crippen LogP contribution in [0.1, 0.15) is 90.4 Å². The minimum atomic E-state index is -0.0650. The van der Waals surface area contributed by atoms with E-state index >= 15 is 0 Å². The zero-order chi connectivity index (χ0) is 25.2. The zero-order valence-corrected chi connectivity index (χ0v) is 23.0. The first-order chi connectivity index (χ1) is 16.0. The molecule has 1 saturated heterocycles. The van der Waals surface area contributed by atoms with Gasteiger partial charge in [-0.05, 0) is 86.4 Å². The normalized spacial score (nSPS) is 26.6. The van der Waals surface area contributed by atoms with Crippen molar-refractivity contribution in [2.75, 3.05) is 6.54 Å². The number of amides is 1. The minimum Gasteiger partial charge on any atom is -0.357 e. The molecule has 2 aliphatic carbocycles. The summed E-state index contributed by atoms with van der Waals surface area (Å²) in [6.07, 6.45) is 10.4. The fourth-order valence-electron chi connectivity index (χ4n) is 5.20. The number of allylic oxidation sites excluding steroid dienone is 1. The van der Waals surface area contributed by atoms with Gasteiger partial charge in [0.1, 0.15) is 0 Å². The summed E-state index contributed by atoms with van der Waals surface area (Å²) in [4.78, 5) is 9.50. The largest absolute Gasteiger partial charge is 0.357 e. The van der Waals surface area contributed by atoms with E-state index in [9.17, 15) is 4.79 Å². The summed E-state index contributed by atoms with van der Waals surface area (Å²) in [5.41, 5.74) is 12.7. The van der Waals surface area contributed by atoms with E-state index in [1.165, 1.54) is 48.2 Å². The Hall–Kier alpha value is -1.91. The molecule has 0 aromatic carbocycles. The van der Waals surface area contributed by atoms with E-state index < -0.39 is 0 Å². The van der Waals surface area contributed by atoms with Crippen LogP contribution in [0.2, 0.25) is 0 Å². The fourth-order valence-corrected chi connectivity index (χ4v) is 5.53. The Labute approximate surface area is 208 Å². The molecule has 1 aliphatic heterocycles. The molecule has 5 unspecified atom stereocenters. The fraction of sp³-hybridized carbons (Fsp3) is 0.630. The maximum atomic E-state index is 9.50. The van der Waals surface area contributed by atoms with Crippen molar-refractivity contribution in [3.8, 4) is 0 Å². The Bertz CT molecular complexity index is 955. The van der Waals surface area contributed by atoms with Gasteiger partial charge in [-0.1, -0.05) is 32.1 Å². The van der Waals surface area contributed by atoms with E-state index in [4.69, 9.17) is 10.8 Å². The lowest BCUT2D eigenvalue weighted by atomic mass is 9.85. The average molecular weight is 486 g/mol. The molecule has 0 bridgehead atoms. The second-order valence-electron chi connectivity index (χ2n) is 11.3. The van der Waals surface area contributed by atoms with Crippen LogP contribution in [0.5, 0.6) is 0 Å². The lowest BCUT2D eigenvalue weighted by Gasteiger charge is -2.29. The molecule has 0 spiro atoms. The van der Waals surface area contributed by atoms with Crippen molar-refractivity contribution in [3.63, 3.8) is 0 Å². The number of carbonyl (C=O) groups excluding carboxylic acids is 1. The van der Waals surface area contributed by atoms with Crippen LogP contribution in [0, 0.1) is 5.92 Å². The molecule has 1 aromatic heterocycles. The highest BCUT2D eigenvalue weighted by Gasteiger charge is 2.35. The Morgan fingerprint density at radius 2 is 2.03 bits per heavy atom.